The number of halogens is 3. The molecule has 0 aromatic carbocycles. The fourth-order valence-corrected chi connectivity index (χ4v) is 11.9. The molecule has 3 rings (SSSR count). The Hall–Kier alpha value is -1.72. The van der Waals surface area contributed by atoms with Gasteiger partial charge in [-0.2, -0.15) is 13.2 Å². The molecule has 0 spiro atoms. The number of unbranched alkanes of at least 4 members (excludes halogenated alkanes) is 28. The molecular weight excluding hydrogens is 1160 g/mol. The van der Waals surface area contributed by atoms with Crippen LogP contribution in [0.4, 0.5) is 13.2 Å². The first kappa shape index (κ1) is 78.5. The first-order chi connectivity index (χ1) is 41.3. The summed E-state index contributed by atoms with van der Waals surface area (Å²) < 4.78 is 99.7. The average molecular weight is 1270 g/mol. The Balaban J connectivity index is 1.76. The number of alkyl halides is 3. The summed E-state index contributed by atoms with van der Waals surface area (Å²) in [6, 6.07) is 0. The normalized spacial score (nSPS) is 27.5. The minimum absolute atomic E-state index is 0.00539. The van der Waals surface area contributed by atoms with E-state index in [4.69, 9.17) is 37.5 Å². The molecule has 0 aromatic rings. The largest absolute Gasteiger partial charge is 0.472 e. The molecule has 3 fully saturated rings. The van der Waals surface area contributed by atoms with Gasteiger partial charge in [-0.05, 0) is 25.7 Å². The van der Waals surface area contributed by atoms with E-state index < -0.39 is 145 Å². The molecule has 0 aromatic heterocycles. The Morgan fingerprint density at radius 2 is 0.953 bits per heavy atom. The van der Waals surface area contributed by atoms with Crippen molar-refractivity contribution in [2.75, 3.05) is 59.3 Å². The van der Waals surface area contributed by atoms with Gasteiger partial charge in [0, 0.05) is 39.3 Å². The zero-order valence-electron chi connectivity index (χ0n) is 51.6. The van der Waals surface area contributed by atoms with Crippen molar-refractivity contribution in [3.05, 3.63) is 0 Å². The Kier molecular flexibility index (Phi) is 41.6. The number of amides is 2. The molecule has 26 heteroatoms. The van der Waals surface area contributed by atoms with Crippen molar-refractivity contribution in [1.29, 1.82) is 0 Å². The molecule has 86 heavy (non-hydrogen) atoms. The summed E-state index contributed by atoms with van der Waals surface area (Å²) >= 11 is 0. The maximum atomic E-state index is 14.3. The quantitative estimate of drug-likeness (QED) is 0.0211. The van der Waals surface area contributed by atoms with E-state index in [1.807, 2.05) is 0 Å². The van der Waals surface area contributed by atoms with Crippen LogP contribution >= 0.6 is 7.82 Å². The molecule has 15 atom stereocenters. The van der Waals surface area contributed by atoms with Crippen LogP contribution in [0.2, 0.25) is 0 Å². The lowest BCUT2D eigenvalue weighted by molar-refractivity contribution is -0.339. The molecule has 0 saturated carbocycles. The second kappa shape index (κ2) is 45.5. The topological polar surface area (TPSA) is 322 Å². The Labute approximate surface area is 509 Å². The number of hydrogen-bond donors (Lipinski definition) is 10. The molecule has 3 aliphatic heterocycles. The molecule has 3 aliphatic rings. The van der Waals surface area contributed by atoms with Gasteiger partial charge in [0.25, 0.3) is 0 Å². The van der Waals surface area contributed by atoms with Crippen LogP contribution < -0.4 is 5.32 Å². The lowest BCUT2D eigenvalue weighted by Gasteiger charge is -2.48. The van der Waals surface area contributed by atoms with E-state index in [-0.39, 0.29) is 38.8 Å². The predicted octanol–water partition coefficient (Wildman–Crippen LogP) is 7.30. The first-order valence-electron chi connectivity index (χ1n) is 32.7. The van der Waals surface area contributed by atoms with Crippen molar-refractivity contribution in [1.82, 2.24) is 10.2 Å². The summed E-state index contributed by atoms with van der Waals surface area (Å²) in [7, 11) is -5.31. The minimum Gasteiger partial charge on any atom is -0.394 e. The Bertz CT molecular complexity index is 1740. The monoisotopic (exact) mass is 1270 g/mol. The fraction of sp³-hybridized carbons (Fsp3) is 0.967. The fourth-order valence-electron chi connectivity index (χ4n) is 10.9. The highest BCUT2D eigenvalue weighted by Gasteiger charge is 2.53. The van der Waals surface area contributed by atoms with Gasteiger partial charge >= 0.3 is 19.9 Å². The summed E-state index contributed by atoms with van der Waals surface area (Å²) in [6.45, 7) is 1.52. The van der Waals surface area contributed by atoms with Gasteiger partial charge in [0.2, 0.25) is 5.91 Å². The van der Waals surface area contributed by atoms with E-state index in [0.29, 0.717) is 19.6 Å². The molecule has 3 saturated heterocycles. The van der Waals surface area contributed by atoms with Crippen molar-refractivity contribution in [3.8, 4) is 0 Å². The molecule has 0 radical (unpaired) electrons. The Morgan fingerprint density at radius 1 is 0.558 bits per heavy atom. The summed E-state index contributed by atoms with van der Waals surface area (Å²) in [5.74, 6) is -2.75. The van der Waals surface area contributed by atoms with Crippen LogP contribution in [0.5, 0.6) is 0 Å². The van der Waals surface area contributed by atoms with Gasteiger partial charge in [0.05, 0.1) is 26.4 Å². The predicted molar refractivity (Wildman–Crippen MR) is 313 cm³/mol. The maximum Gasteiger partial charge on any atom is 0.472 e. The number of carbonyl (C=O) groups excluding carboxylic acids is 2. The number of carbonyl (C=O) groups is 2. The van der Waals surface area contributed by atoms with Crippen molar-refractivity contribution >= 4 is 19.6 Å². The zero-order chi connectivity index (χ0) is 63.2. The van der Waals surface area contributed by atoms with Crippen molar-refractivity contribution in [3.63, 3.8) is 0 Å². The highest BCUT2D eigenvalue weighted by Crippen LogP contribution is 2.48. The van der Waals surface area contributed by atoms with Gasteiger partial charge < -0.3 is 84.4 Å². The van der Waals surface area contributed by atoms with Crippen LogP contribution in [-0.2, 0) is 51.6 Å². The zero-order valence-corrected chi connectivity index (χ0v) is 52.5. The third kappa shape index (κ3) is 31.5. The molecule has 0 bridgehead atoms. The molecular formula is C60H112F3N2O20P. The molecule has 508 valence electrons. The first-order valence-corrected chi connectivity index (χ1v) is 34.2. The SMILES string of the molecule is CCCCCCCCCCCCCCCCOC[C@H](COP(=O)(O)OC1[C@@H](O[C@H]2O[C@H](CO)[C@@H](O)[C@H](O)[C@@H]2O)CN(C(=O)CCCCCNC(=O)C(F)(F)F)C[C@H]1O[C@H]1O[C@H](CO)[C@@H](O)[C@H](O)[C@@H]1O)OCCCCCCCCCCCCCCCC. The van der Waals surface area contributed by atoms with E-state index in [0.717, 1.165) is 56.3 Å². The van der Waals surface area contributed by atoms with Gasteiger partial charge in [0.1, 0.15) is 73.2 Å². The van der Waals surface area contributed by atoms with Crippen molar-refractivity contribution in [2.45, 2.75) is 311 Å². The van der Waals surface area contributed by atoms with Crippen LogP contribution in [-0.4, -0.2) is 214 Å². The van der Waals surface area contributed by atoms with Crippen LogP contribution in [0.25, 0.3) is 0 Å². The highest BCUT2D eigenvalue weighted by molar-refractivity contribution is 7.47. The van der Waals surface area contributed by atoms with Crippen LogP contribution in [0.1, 0.15) is 219 Å². The molecule has 22 nitrogen and oxygen atoms in total. The van der Waals surface area contributed by atoms with Crippen molar-refractivity contribution in [2.24, 2.45) is 0 Å². The number of piperidine rings is 1. The van der Waals surface area contributed by atoms with E-state index in [1.54, 1.807) is 5.32 Å². The molecule has 10 N–H and O–H groups in total. The second-order valence-electron chi connectivity index (χ2n) is 23.7. The molecule has 2 unspecified atom stereocenters. The molecule has 3 heterocycles. The lowest BCUT2D eigenvalue weighted by atomic mass is 9.97. The van der Waals surface area contributed by atoms with Gasteiger partial charge in [-0.3, -0.25) is 18.6 Å². The molecule has 2 amide bonds. The summed E-state index contributed by atoms with van der Waals surface area (Å²) in [6.07, 6.45) is 3.61. The summed E-state index contributed by atoms with van der Waals surface area (Å²) in [5.41, 5.74) is 0. The van der Waals surface area contributed by atoms with E-state index >= 15 is 0 Å². The Morgan fingerprint density at radius 3 is 1.36 bits per heavy atom. The number of hydrogen-bond acceptors (Lipinski definition) is 19. The molecule has 0 aliphatic carbocycles. The number of nitrogens with one attached hydrogen (secondary N) is 1. The number of likely N-dealkylation sites (tertiary alicyclic amines) is 1. The van der Waals surface area contributed by atoms with Crippen molar-refractivity contribution < 1.29 is 111 Å². The second-order valence-corrected chi connectivity index (χ2v) is 25.1. The van der Waals surface area contributed by atoms with Gasteiger partial charge in [0.15, 0.2) is 12.6 Å². The van der Waals surface area contributed by atoms with E-state index in [9.17, 15) is 73.1 Å². The van der Waals surface area contributed by atoms with E-state index in [1.165, 1.54) is 122 Å². The number of rotatable bonds is 50. The number of phosphoric ester groups is 1. The third-order valence-electron chi connectivity index (χ3n) is 16.3. The van der Waals surface area contributed by atoms with Crippen LogP contribution in [0, 0.1) is 0 Å². The number of ether oxygens (including phenoxy) is 6. The van der Waals surface area contributed by atoms with Crippen LogP contribution in [0.15, 0.2) is 0 Å². The summed E-state index contributed by atoms with van der Waals surface area (Å²) in [5, 5.41) is 86.4. The number of nitrogens with zero attached hydrogens (tertiary/aromatic N) is 1. The van der Waals surface area contributed by atoms with Gasteiger partial charge in [-0.1, -0.05) is 187 Å². The standard InChI is InChI=1S/C60H112F3N2O20P/c1-3-5-7-9-11-13-15-17-19-21-23-25-27-32-36-78-42-44(79-37-33-28-26-24-22-20-18-16-14-12-10-8-6-4-2)43-80-86(76,77)85-56-45(81-57-54(73)52(71)50(69)47(40-66)83-57)38-65(49(68)34-30-29-31-35-64-59(75)60(61,62)63)39-46(56)82-58-55(74)53(72)51(70)48(41-67)84-58/h44-48,50-58,66-67,69-74H,3-43H2,1-2H3,(H,64,75)(H,76,77)/t44-,45-,46+,47-,48-,50-,51-,52+,53+,54+,55+,56?,57+,58+/m1/s1. The summed E-state index contributed by atoms with van der Waals surface area (Å²) in [4.78, 5) is 38.0. The van der Waals surface area contributed by atoms with Crippen LogP contribution in [0.3, 0.4) is 0 Å². The number of phosphoric acid groups is 1. The number of aliphatic hydroxyl groups is 8. The smallest absolute Gasteiger partial charge is 0.394 e. The third-order valence-corrected chi connectivity index (χ3v) is 17.3. The number of aliphatic hydroxyl groups excluding tert-OH is 8. The lowest BCUT2D eigenvalue weighted by Crippen LogP contribution is -2.65. The highest BCUT2D eigenvalue weighted by atomic mass is 31.2. The van der Waals surface area contributed by atoms with Gasteiger partial charge in [-0.15, -0.1) is 0 Å². The van der Waals surface area contributed by atoms with E-state index in [2.05, 4.69) is 13.8 Å². The average Bonchev–Trinajstić information content (AvgIpc) is 2.15. The minimum atomic E-state index is -5.31. The maximum absolute atomic E-state index is 14.3. The van der Waals surface area contributed by atoms with Gasteiger partial charge in [-0.25, -0.2) is 4.57 Å².